The largest absolute Gasteiger partial charge is 0.373 e. The Morgan fingerprint density at radius 3 is 2.81 bits per heavy atom. The molecule has 4 heteroatoms. The number of rotatable bonds is 5. The van der Waals surface area contributed by atoms with Gasteiger partial charge in [-0.3, -0.25) is 9.78 Å². The first-order valence-corrected chi connectivity index (χ1v) is 6.90. The maximum Gasteiger partial charge on any atom is 0.248 e. The number of hydrogen-bond acceptors (Lipinski definition) is 3. The second-order valence-corrected chi connectivity index (χ2v) is 4.64. The van der Waals surface area contributed by atoms with Gasteiger partial charge >= 0.3 is 0 Å². The van der Waals surface area contributed by atoms with Gasteiger partial charge in [0.15, 0.2) is 0 Å². The van der Waals surface area contributed by atoms with Gasteiger partial charge in [0, 0.05) is 32.1 Å². The smallest absolute Gasteiger partial charge is 0.248 e. The standard InChI is InChI=1S/C17H19N3O/c1-3-20(2)16-9-5-4-8-15(16)19-17(21)11-10-14-7-6-12-18-13-14/h4-13H,3H2,1-2H3,(H,19,21)/b11-10+. The molecule has 0 aliphatic carbocycles. The Bertz CT molecular complexity index is 623. The van der Waals surface area contributed by atoms with Gasteiger partial charge < -0.3 is 10.2 Å². The van der Waals surface area contributed by atoms with Gasteiger partial charge in [-0.25, -0.2) is 0 Å². The summed E-state index contributed by atoms with van der Waals surface area (Å²) in [6.45, 7) is 2.94. The molecular weight excluding hydrogens is 262 g/mol. The molecule has 0 bridgehead atoms. The van der Waals surface area contributed by atoms with E-state index in [1.54, 1.807) is 18.5 Å². The SMILES string of the molecule is CCN(C)c1ccccc1NC(=O)/C=C/c1cccnc1. The average molecular weight is 281 g/mol. The number of amides is 1. The molecule has 1 N–H and O–H groups in total. The third-order valence-electron chi connectivity index (χ3n) is 3.16. The highest BCUT2D eigenvalue weighted by molar-refractivity contribution is 6.03. The number of pyridine rings is 1. The molecule has 2 rings (SSSR count). The second kappa shape index (κ2) is 7.24. The Morgan fingerprint density at radius 1 is 1.29 bits per heavy atom. The molecule has 0 saturated carbocycles. The molecule has 2 aromatic rings. The average Bonchev–Trinajstić information content (AvgIpc) is 2.54. The molecule has 0 atom stereocenters. The van der Waals surface area contributed by atoms with Crippen LogP contribution in [0.15, 0.2) is 54.9 Å². The van der Waals surface area contributed by atoms with E-state index in [4.69, 9.17) is 0 Å². The van der Waals surface area contributed by atoms with Crippen LogP contribution in [-0.4, -0.2) is 24.5 Å². The molecular formula is C17H19N3O. The van der Waals surface area contributed by atoms with E-state index in [1.807, 2.05) is 43.4 Å². The zero-order valence-electron chi connectivity index (χ0n) is 12.3. The van der Waals surface area contributed by atoms with Crippen LogP contribution in [0, 0.1) is 0 Å². The van der Waals surface area contributed by atoms with Crippen molar-refractivity contribution < 1.29 is 4.79 Å². The fourth-order valence-electron chi connectivity index (χ4n) is 1.90. The lowest BCUT2D eigenvalue weighted by Crippen LogP contribution is -2.19. The molecule has 0 fully saturated rings. The molecule has 108 valence electrons. The Balaban J connectivity index is 2.08. The van der Waals surface area contributed by atoms with Crippen molar-refractivity contribution in [3.63, 3.8) is 0 Å². The van der Waals surface area contributed by atoms with Crippen molar-refractivity contribution in [3.8, 4) is 0 Å². The van der Waals surface area contributed by atoms with Crippen molar-refractivity contribution in [1.29, 1.82) is 0 Å². The van der Waals surface area contributed by atoms with Gasteiger partial charge in [-0.05, 0) is 36.8 Å². The quantitative estimate of drug-likeness (QED) is 0.856. The summed E-state index contributed by atoms with van der Waals surface area (Å²) in [4.78, 5) is 18.1. The Kier molecular flexibility index (Phi) is 5.10. The Morgan fingerprint density at radius 2 is 2.10 bits per heavy atom. The van der Waals surface area contributed by atoms with Crippen LogP contribution in [0.1, 0.15) is 12.5 Å². The summed E-state index contributed by atoms with van der Waals surface area (Å²) in [5, 5.41) is 2.91. The first-order valence-electron chi connectivity index (χ1n) is 6.90. The van der Waals surface area contributed by atoms with Crippen LogP contribution >= 0.6 is 0 Å². The van der Waals surface area contributed by atoms with Crippen molar-refractivity contribution in [1.82, 2.24) is 4.98 Å². The highest BCUT2D eigenvalue weighted by atomic mass is 16.1. The maximum absolute atomic E-state index is 12.0. The lowest BCUT2D eigenvalue weighted by atomic mass is 10.2. The zero-order chi connectivity index (χ0) is 15.1. The zero-order valence-corrected chi connectivity index (χ0v) is 12.3. The third kappa shape index (κ3) is 4.18. The summed E-state index contributed by atoms with van der Waals surface area (Å²) in [7, 11) is 2.00. The first-order chi connectivity index (χ1) is 10.2. The summed E-state index contributed by atoms with van der Waals surface area (Å²) in [5.41, 5.74) is 2.71. The van der Waals surface area contributed by atoms with E-state index in [-0.39, 0.29) is 5.91 Å². The number of aromatic nitrogens is 1. The van der Waals surface area contributed by atoms with Crippen molar-refractivity contribution >= 4 is 23.4 Å². The highest BCUT2D eigenvalue weighted by Gasteiger charge is 2.06. The summed E-state index contributed by atoms with van der Waals surface area (Å²) in [6, 6.07) is 11.5. The number of carbonyl (C=O) groups is 1. The summed E-state index contributed by atoms with van der Waals surface area (Å²) in [6.07, 6.45) is 6.67. The molecule has 4 nitrogen and oxygen atoms in total. The molecule has 0 unspecified atom stereocenters. The monoisotopic (exact) mass is 281 g/mol. The van der Waals surface area contributed by atoms with Crippen LogP contribution in [0.5, 0.6) is 0 Å². The fourth-order valence-corrected chi connectivity index (χ4v) is 1.90. The number of benzene rings is 1. The van der Waals surface area contributed by atoms with E-state index in [1.165, 1.54) is 6.08 Å². The van der Waals surface area contributed by atoms with E-state index >= 15 is 0 Å². The number of nitrogens with one attached hydrogen (secondary N) is 1. The molecule has 0 spiro atoms. The van der Waals surface area contributed by atoms with Crippen LogP contribution in [0.4, 0.5) is 11.4 Å². The van der Waals surface area contributed by atoms with Gasteiger partial charge in [0.1, 0.15) is 0 Å². The van der Waals surface area contributed by atoms with E-state index < -0.39 is 0 Å². The van der Waals surface area contributed by atoms with Gasteiger partial charge in [-0.1, -0.05) is 18.2 Å². The van der Waals surface area contributed by atoms with Crippen molar-refractivity contribution in [2.75, 3.05) is 23.8 Å². The molecule has 0 radical (unpaired) electrons. The fraction of sp³-hybridized carbons (Fsp3) is 0.176. The Hall–Kier alpha value is -2.62. The molecule has 0 saturated heterocycles. The molecule has 0 aliphatic heterocycles. The predicted octanol–water partition coefficient (Wildman–Crippen LogP) is 3.19. The molecule has 1 amide bonds. The number of para-hydroxylation sites is 2. The van der Waals surface area contributed by atoms with Gasteiger partial charge in [0.25, 0.3) is 0 Å². The minimum atomic E-state index is -0.157. The normalized spacial score (nSPS) is 10.6. The van der Waals surface area contributed by atoms with Crippen LogP contribution < -0.4 is 10.2 Å². The number of anilines is 2. The van der Waals surface area contributed by atoms with Gasteiger partial charge in [-0.15, -0.1) is 0 Å². The van der Waals surface area contributed by atoms with E-state index in [2.05, 4.69) is 22.1 Å². The second-order valence-electron chi connectivity index (χ2n) is 4.64. The molecule has 0 aliphatic rings. The van der Waals surface area contributed by atoms with E-state index in [0.29, 0.717) is 0 Å². The third-order valence-corrected chi connectivity index (χ3v) is 3.16. The molecule has 1 heterocycles. The number of hydrogen-bond donors (Lipinski definition) is 1. The summed E-state index contributed by atoms with van der Waals surface area (Å²) in [5.74, 6) is -0.157. The van der Waals surface area contributed by atoms with Crippen LogP contribution in [0.3, 0.4) is 0 Å². The van der Waals surface area contributed by atoms with Crippen molar-refractivity contribution in [2.24, 2.45) is 0 Å². The lowest BCUT2D eigenvalue weighted by Gasteiger charge is -2.20. The minimum absolute atomic E-state index is 0.157. The topological polar surface area (TPSA) is 45.2 Å². The van der Waals surface area contributed by atoms with Crippen molar-refractivity contribution in [3.05, 3.63) is 60.4 Å². The van der Waals surface area contributed by atoms with Crippen LogP contribution in [0.2, 0.25) is 0 Å². The maximum atomic E-state index is 12.0. The highest BCUT2D eigenvalue weighted by Crippen LogP contribution is 2.24. The van der Waals surface area contributed by atoms with Crippen LogP contribution in [-0.2, 0) is 4.79 Å². The molecule has 1 aromatic carbocycles. The van der Waals surface area contributed by atoms with Gasteiger partial charge in [0.2, 0.25) is 5.91 Å². The number of carbonyl (C=O) groups excluding carboxylic acids is 1. The minimum Gasteiger partial charge on any atom is -0.373 e. The number of nitrogens with zero attached hydrogens (tertiary/aromatic N) is 2. The van der Waals surface area contributed by atoms with Crippen molar-refractivity contribution in [2.45, 2.75) is 6.92 Å². The molecule has 1 aromatic heterocycles. The van der Waals surface area contributed by atoms with E-state index in [0.717, 1.165) is 23.5 Å². The van der Waals surface area contributed by atoms with Gasteiger partial charge in [0.05, 0.1) is 11.4 Å². The Labute approximate surface area is 125 Å². The molecule has 21 heavy (non-hydrogen) atoms. The van der Waals surface area contributed by atoms with Crippen LogP contribution in [0.25, 0.3) is 6.08 Å². The predicted molar refractivity (Wildman–Crippen MR) is 87.3 cm³/mol. The van der Waals surface area contributed by atoms with Gasteiger partial charge in [-0.2, -0.15) is 0 Å². The first kappa shape index (κ1) is 14.8. The summed E-state index contributed by atoms with van der Waals surface area (Å²) >= 11 is 0. The summed E-state index contributed by atoms with van der Waals surface area (Å²) < 4.78 is 0. The van der Waals surface area contributed by atoms with E-state index in [9.17, 15) is 4.79 Å². The lowest BCUT2D eigenvalue weighted by molar-refractivity contribution is -0.111.